The molecule has 5 heteroatoms. The molecule has 1 aromatic carbocycles. The molecule has 2 amide bonds. The van der Waals surface area contributed by atoms with E-state index in [1.807, 2.05) is 53.1 Å². The van der Waals surface area contributed by atoms with Gasteiger partial charge in [-0.1, -0.05) is 17.7 Å². The molecule has 1 aliphatic rings. The fourth-order valence-electron chi connectivity index (χ4n) is 2.82. The largest absolute Gasteiger partial charge is 0.339 e. The third-order valence-corrected chi connectivity index (χ3v) is 4.32. The normalized spacial score (nSPS) is 14.5. The van der Waals surface area contributed by atoms with Crippen LogP contribution in [0.25, 0.3) is 0 Å². The Labute approximate surface area is 141 Å². The van der Waals surface area contributed by atoms with Gasteiger partial charge in [0.25, 0.3) is 5.91 Å². The summed E-state index contributed by atoms with van der Waals surface area (Å²) in [5, 5.41) is 0. The van der Waals surface area contributed by atoms with Crippen molar-refractivity contribution in [3.8, 4) is 0 Å². The van der Waals surface area contributed by atoms with Crippen molar-refractivity contribution in [1.29, 1.82) is 0 Å². The molecule has 1 aliphatic heterocycles. The monoisotopic (exact) mass is 323 g/mol. The van der Waals surface area contributed by atoms with Crippen molar-refractivity contribution < 1.29 is 9.59 Å². The minimum Gasteiger partial charge on any atom is -0.339 e. The van der Waals surface area contributed by atoms with Crippen molar-refractivity contribution in [3.05, 3.63) is 65.5 Å². The smallest absolute Gasteiger partial charge is 0.253 e. The number of hydrogen-bond acceptors (Lipinski definition) is 3. The second kappa shape index (κ2) is 7.25. The molecule has 124 valence electrons. The molecule has 2 aromatic rings. The number of aryl methyl sites for hydroxylation is 1. The highest BCUT2D eigenvalue weighted by molar-refractivity contribution is 5.94. The number of amides is 2. The number of rotatable bonds is 3. The van der Waals surface area contributed by atoms with Gasteiger partial charge in [-0.2, -0.15) is 0 Å². The minimum absolute atomic E-state index is 0.0382. The van der Waals surface area contributed by atoms with Gasteiger partial charge in [0.15, 0.2) is 0 Å². The summed E-state index contributed by atoms with van der Waals surface area (Å²) in [5.41, 5.74) is 2.81. The molecule has 0 saturated carbocycles. The van der Waals surface area contributed by atoms with E-state index in [1.165, 1.54) is 0 Å². The van der Waals surface area contributed by atoms with Gasteiger partial charge in [-0.3, -0.25) is 14.6 Å². The van der Waals surface area contributed by atoms with Gasteiger partial charge in [-0.05, 0) is 36.8 Å². The Kier molecular flexibility index (Phi) is 4.89. The Hall–Kier alpha value is -2.69. The van der Waals surface area contributed by atoms with Crippen molar-refractivity contribution in [3.63, 3.8) is 0 Å². The van der Waals surface area contributed by atoms with Gasteiger partial charge in [-0.15, -0.1) is 0 Å². The second-order valence-electron chi connectivity index (χ2n) is 6.07. The van der Waals surface area contributed by atoms with Crippen LogP contribution in [0.5, 0.6) is 0 Å². The lowest BCUT2D eigenvalue weighted by molar-refractivity contribution is -0.131. The topological polar surface area (TPSA) is 53.5 Å². The van der Waals surface area contributed by atoms with Crippen molar-refractivity contribution in [2.45, 2.75) is 13.3 Å². The molecule has 0 unspecified atom stereocenters. The number of piperazine rings is 1. The highest BCUT2D eigenvalue weighted by atomic mass is 16.2. The summed E-state index contributed by atoms with van der Waals surface area (Å²) in [6, 6.07) is 11.3. The van der Waals surface area contributed by atoms with Crippen molar-refractivity contribution in [2.75, 3.05) is 26.2 Å². The molecule has 0 atom stereocenters. The van der Waals surface area contributed by atoms with Crippen molar-refractivity contribution in [2.24, 2.45) is 0 Å². The predicted octanol–water partition coefficient (Wildman–Crippen LogP) is 1.92. The van der Waals surface area contributed by atoms with E-state index in [4.69, 9.17) is 0 Å². The maximum atomic E-state index is 12.5. The third kappa shape index (κ3) is 3.79. The van der Waals surface area contributed by atoms with Crippen molar-refractivity contribution >= 4 is 11.8 Å². The van der Waals surface area contributed by atoms with Crippen LogP contribution in [-0.4, -0.2) is 52.8 Å². The first-order chi connectivity index (χ1) is 11.6. The zero-order valence-electron chi connectivity index (χ0n) is 13.8. The molecule has 0 radical (unpaired) electrons. The first kappa shape index (κ1) is 16.2. The maximum absolute atomic E-state index is 12.5. The second-order valence-corrected chi connectivity index (χ2v) is 6.07. The fourth-order valence-corrected chi connectivity index (χ4v) is 2.82. The summed E-state index contributed by atoms with van der Waals surface area (Å²) < 4.78 is 0. The molecule has 1 saturated heterocycles. The average molecular weight is 323 g/mol. The van der Waals surface area contributed by atoms with E-state index in [-0.39, 0.29) is 11.8 Å². The Bertz CT molecular complexity index is 705. The molecule has 2 heterocycles. The average Bonchev–Trinajstić information content (AvgIpc) is 2.63. The minimum atomic E-state index is 0.0382. The molecular weight excluding hydrogens is 302 g/mol. The molecule has 24 heavy (non-hydrogen) atoms. The number of carbonyl (C=O) groups is 2. The molecule has 5 nitrogen and oxygen atoms in total. The number of pyridine rings is 1. The van der Waals surface area contributed by atoms with Crippen LogP contribution < -0.4 is 0 Å². The zero-order valence-corrected chi connectivity index (χ0v) is 13.8. The first-order valence-electron chi connectivity index (χ1n) is 8.16. The van der Waals surface area contributed by atoms with Crippen LogP contribution in [0.1, 0.15) is 21.5 Å². The van der Waals surface area contributed by atoms with E-state index in [0.717, 1.165) is 11.1 Å². The van der Waals surface area contributed by atoms with E-state index in [9.17, 15) is 9.59 Å². The van der Waals surface area contributed by atoms with E-state index >= 15 is 0 Å². The Morgan fingerprint density at radius 2 is 1.50 bits per heavy atom. The van der Waals surface area contributed by atoms with Crippen LogP contribution in [-0.2, 0) is 11.2 Å². The van der Waals surface area contributed by atoms with Gasteiger partial charge in [0, 0.05) is 44.1 Å². The van der Waals surface area contributed by atoms with Crippen molar-refractivity contribution in [1.82, 2.24) is 14.8 Å². The van der Waals surface area contributed by atoms with Gasteiger partial charge >= 0.3 is 0 Å². The van der Waals surface area contributed by atoms with Crippen LogP contribution in [0.4, 0.5) is 0 Å². The summed E-state index contributed by atoms with van der Waals surface area (Å²) in [6.45, 7) is 4.33. The number of carbonyl (C=O) groups excluding carboxylic acids is 2. The number of hydrogen-bond donors (Lipinski definition) is 0. The maximum Gasteiger partial charge on any atom is 0.253 e. The van der Waals surface area contributed by atoms with Gasteiger partial charge in [0.2, 0.25) is 5.91 Å². The van der Waals surface area contributed by atoms with Crippen LogP contribution in [0.2, 0.25) is 0 Å². The van der Waals surface area contributed by atoms with E-state index in [0.29, 0.717) is 38.2 Å². The zero-order chi connectivity index (χ0) is 16.9. The molecule has 0 spiro atoms. The summed E-state index contributed by atoms with van der Waals surface area (Å²) in [6.07, 6.45) is 3.77. The summed E-state index contributed by atoms with van der Waals surface area (Å²) in [5.74, 6) is 0.139. The lowest BCUT2D eigenvalue weighted by Crippen LogP contribution is -2.51. The van der Waals surface area contributed by atoms with Crippen LogP contribution in [0, 0.1) is 6.92 Å². The van der Waals surface area contributed by atoms with E-state index < -0.39 is 0 Å². The van der Waals surface area contributed by atoms with E-state index in [1.54, 1.807) is 12.4 Å². The lowest BCUT2D eigenvalue weighted by atomic mass is 10.1. The summed E-state index contributed by atoms with van der Waals surface area (Å²) in [4.78, 5) is 32.5. The van der Waals surface area contributed by atoms with E-state index in [2.05, 4.69) is 4.98 Å². The molecular formula is C19H21N3O2. The van der Waals surface area contributed by atoms with Gasteiger partial charge < -0.3 is 9.80 Å². The van der Waals surface area contributed by atoms with Crippen LogP contribution in [0.3, 0.4) is 0 Å². The molecule has 1 aromatic heterocycles. The third-order valence-electron chi connectivity index (χ3n) is 4.32. The lowest BCUT2D eigenvalue weighted by Gasteiger charge is -2.35. The quantitative estimate of drug-likeness (QED) is 0.867. The number of benzene rings is 1. The Morgan fingerprint density at radius 1 is 0.917 bits per heavy atom. The van der Waals surface area contributed by atoms with Gasteiger partial charge in [0.05, 0.1) is 6.42 Å². The van der Waals surface area contributed by atoms with Gasteiger partial charge in [-0.25, -0.2) is 0 Å². The summed E-state index contributed by atoms with van der Waals surface area (Å²) in [7, 11) is 0. The summed E-state index contributed by atoms with van der Waals surface area (Å²) >= 11 is 0. The van der Waals surface area contributed by atoms with Gasteiger partial charge in [0.1, 0.15) is 0 Å². The van der Waals surface area contributed by atoms with Crippen LogP contribution in [0.15, 0.2) is 48.8 Å². The molecule has 0 bridgehead atoms. The molecule has 0 N–H and O–H groups in total. The molecule has 3 rings (SSSR count). The molecule has 0 aliphatic carbocycles. The predicted molar refractivity (Wildman–Crippen MR) is 91.6 cm³/mol. The Balaban J connectivity index is 1.54. The molecule has 1 fully saturated rings. The standard InChI is InChI=1S/C19H21N3O2/c1-15-2-4-17(5-3-15)19(24)22-12-10-21(11-13-22)18(23)14-16-6-8-20-9-7-16/h2-9H,10-14H2,1H3. The fraction of sp³-hybridized carbons (Fsp3) is 0.316. The Morgan fingerprint density at radius 3 is 2.12 bits per heavy atom. The highest BCUT2D eigenvalue weighted by Gasteiger charge is 2.24. The number of nitrogens with zero attached hydrogens (tertiary/aromatic N) is 3. The number of aromatic nitrogens is 1. The van der Waals surface area contributed by atoms with Crippen LogP contribution >= 0.6 is 0 Å². The SMILES string of the molecule is Cc1ccc(C(=O)N2CCN(C(=O)Cc3ccncc3)CC2)cc1. The first-order valence-corrected chi connectivity index (χ1v) is 8.16. The highest BCUT2D eigenvalue weighted by Crippen LogP contribution is 2.11.